The summed E-state index contributed by atoms with van der Waals surface area (Å²) >= 11 is 0. The van der Waals surface area contributed by atoms with Gasteiger partial charge in [0.1, 0.15) is 18.5 Å². The van der Waals surface area contributed by atoms with Gasteiger partial charge in [0, 0.05) is 44.1 Å². The van der Waals surface area contributed by atoms with Crippen molar-refractivity contribution in [1.29, 1.82) is 0 Å². The first kappa shape index (κ1) is 18.1. The largest absolute Gasteiger partial charge is 0.471 e. The molecule has 2 aliphatic heterocycles. The van der Waals surface area contributed by atoms with Gasteiger partial charge in [0.2, 0.25) is 11.8 Å². The summed E-state index contributed by atoms with van der Waals surface area (Å²) in [6, 6.07) is 5.52. The van der Waals surface area contributed by atoms with Gasteiger partial charge in [0.05, 0.1) is 12.7 Å². The lowest BCUT2D eigenvalue weighted by atomic mass is 10.3. The molecule has 1 atom stereocenters. The van der Waals surface area contributed by atoms with Gasteiger partial charge in [-0.15, -0.1) is 0 Å². The average molecular weight is 385 g/mol. The van der Waals surface area contributed by atoms with Crippen molar-refractivity contribution >= 4 is 17.6 Å². The van der Waals surface area contributed by atoms with E-state index in [0.717, 1.165) is 0 Å². The zero-order valence-corrected chi connectivity index (χ0v) is 15.2. The number of anilines is 1. The molecule has 2 saturated heterocycles. The lowest BCUT2D eigenvalue weighted by molar-refractivity contribution is -0.130. The van der Waals surface area contributed by atoms with E-state index in [-0.39, 0.29) is 30.4 Å². The standard InChI is InChI=1S/C19H20FN5O3/c20-14-1-3-15(4-2-14)25-10-9-24(19(25)27)13-18(26)23-8-5-16(12-23)28-17-11-21-6-7-22-17/h1-4,6-7,11,16H,5,8-10,12-13H2/t16-/m1/s1. The third-order valence-electron chi connectivity index (χ3n) is 4.88. The van der Waals surface area contributed by atoms with E-state index >= 15 is 0 Å². The highest BCUT2D eigenvalue weighted by molar-refractivity contribution is 5.96. The maximum atomic E-state index is 13.1. The molecule has 4 rings (SSSR count). The lowest BCUT2D eigenvalue weighted by Crippen LogP contribution is -2.42. The van der Waals surface area contributed by atoms with Crippen LogP contribution in [0.4, 0.5) is 14.9 Å². The van der Waals surface area contributed by atoms with E-state index in [0.29, 0.717) is 44.2 Å². The first-order valence-corrected chi connectivity index (χ1v) is 9.12. The number of hydrogen-bond donors (Lipinski definition) is 0. The van der Waals surface area contributed by atoms with Crippen LogP contribution in [0.1, 0.15) is 6.42 Å². The van der Waals surface area contributed by atoms with Crippen molar-refractivity contribution in [2.24, 2.45) is 0 Å². The molecule has 1 aromatic carbocycles. The van der Waals surface area contributed by atoms with E-state index in [1.165, 1.54) is 23.2 Å². The minimum atomic E-state index is -0.352. The minimum absolute atomic E-state index is 0.0222. The fourth-order valence-corrected chi connectivity index (χ4v) is 3.42. The van der Waals surface area contributed by atoms with Gasteiger partial charge >= 0.3 is 6.03 Å². The van der Waals surface area contributed by atoms with E-state index < -0.39 is 0 Å². The quantitative estimate of drug-likeness (QED) is 0.780. The molecule has 0 spiro atoms. The Hall–Kier alpha value is -3.23. The summed E-state index contributed by atoms with van der Waals surface area (Å²) < 4.78 is 18.8. The number of urea groups is 1. The second-order valence-corrected chi connectivity index (χ2v) is 6.74. The summed E-state index contributed by atoms with van der Waals surface area (Å²) in [6.45, 7) is 1.98. The average Bonchev–Trinajstić information content (AvgIpc) is 3.31. The molecule has 28 heavy (non-hydrogen) atoms. The van der Waals surface area contributed by atoms with Gasteiger partial charge in [0.25, 0.3) is 0 Å². The summed E-state index contributed by atoms with van der Waals surface area (Å²) in [7, 11) is 0. The van der Waals surface area contributed by atoms with Crippen LogP contribution in [-0.4, -0.2) is 70.5 Å². The molecule has 0 N–H and O–H groups in total. The van der Waals surface area contributed by atoms with Crippen LogP contribution in [0.2, 0.25) is 0 Å². The van der Waals surface area contributed by atoms with Gasteiger partial charge in [-0.1, -0.05) is 0 Å². The van der Waals surface area contributed by atoms with Crippen molar-refractivity contribution in [3.8, 4) is 5.88 Å². The fraction of sp³-hybridized carbons (Fsp3) is 0.368. The van der Waals surface area contributed by atoms with Gasteiger partial charge in [-0.3, -0.25) is 14.7 Å². The first-order chi connectivity index (χ1) is 13.6. The van der Waals surface area contributed by atoms with Crippen molar-refractivity contribution in [3.63, 3.8) is 0 Å². The molecule has 0 bridgehead atoms. The molecule has 0 aliphatic carbocycles. The molecule has 3 heterocycles. The van der Waals surface area contributed by atoms with Crippen LogP contribution in [-0.2, 0) is 4.79 Å². The van der Waals surface area contributed by atoms with Crippen LogP contribution < -0.4 is 9.64 Å². The molecule has 8 nitrogen and oxygen atoms in total. The molecule has 3 amide bonds. The van der Waals surface area contributed by atoms with Crippen molar-refractivity contribution in [3.05, 3.63) is 48.7 Å². The molecule has 0 saturated carbocycles. The minimum Gasteiger partial charge on any atom is -0.471 e. The van der Waals surface area contributed by atoms with Crippen molar-refractivity contribution < 1.29 is 18.7 Å². The highest BCUT2D eigenvalue weighted by Gasteiger charge is 2.34. The lowest BCUT2D eigenvalue weighted by Gasteiger charge is -2.22. The number of ether oxygens (including phenoxy) is 1. The molecule has 0 unspecified atom stereocenters. The third-order valence-corrected chi connectivity index (χ3v) is 4.88. The second kappa shape index (κ2) is 7.79. The zero-order valence-electron chi connectivity index (χ0n) is 15.2. The molecule has 2 fully saturated rings. The summed E-state index contributed by atoms with van der Waals surface area (Å²) in [6.07, 6.45) is 5.24. The number of hydrogen-bond acceptors (Lipinski definition) is 5. The van der Waals surface area contributed by atoms with Crippen molar-refractivity contribution in [2.75, 3.05) is 37.6 Å². The number of rotatable bonds is 5. The van der Waals surface area contributed by atoms with E-state index in [1.807, 2.05) is 0 Å². The fourth-order valence-electron chi connectivity index (χ4n) is 3.42. The Morgan fingerprint density at radius 3 is 2.75 bits per heavy atom. The predicted octanol–water partition coefficient (Wildman–Crippen LogP) is 1.54. The second-order valence-electron chi connectivity index (χ2n) is 6.74. The SMILES string of the molecule is O=C(CN1CCN(c2ccc(F)cc2)C1=O)N1CC[C@@H](Oc2cnccn2)C1. The predicted molar refractivity (Wildman–Crippen MR) is 98.4 cm³/mol. The number of aromatic nitrogens is 2. The number of amides is 3. The Kier molecular flexibility index (Phi) is 5.05. The van der Waals surface area contributed by atoms with Gasteiger partial charge < -0.3 is 14.5 Å². The Bertz CT molecular complexity index is 848. The molecule has 0 radical (unpaired) electrons. The number of nitrogens with zero attached hydrogens (tertiary/aromatic N) is 5. The van der Waals surface area contributed by atoms with E-state index in [9.17, 15) is 14.0 Å². The smallest absolute Gasteiger partial charge is 0.325 e. The monoisotopic (exact) mass is 385 g/mol. The van der Waals surface area contributed by atoms with Crippen LogP contribution in [0.5, 0.6) is 5.88 Å². The Morgan fingerprint density at radius 2 is 2.00 bits per heavy atom. The molecule has 1 aromatic heterocycles. The van der Waals surface area contributed by atoms with Crippen molar-refractivity contribution in [2.45, 2.75) is 12.5 Å². The summed E-state index contributed by atoms with van der Waals surface area (Å²) in [4.78, 5) is 38.0. The van der Waals surface area contributed by atoms with Crippen LogP contribution >= 0.6 is 0 Å². The maximum Gasteiger partial charge on any atom is 0.325 e. The maximum absolute atomic E-state index is 13.1. The molecular formula is C19H20FN5O3. The van der Waals surface area contributed by atoms with Gasteiger partial charge in [-0.2, -0.15) is 0 Å². The van der Waals surface area contributed by atoms with Crippen LogP contribution in [0.3, 0.4) is 0 Å². The highest BCUT2D eigenvalue weighted by atomic mass is 19.1. The van der Waals surface area contributed by atoms with Gasteiger partial charge in [0.15, 0.2) is 0 Å². The van der Waals surface area contributed by atoms with E-state index in [1.54, 1.807) is 34.3 Å². The zero-order chi connectivity index (χ0) is 19.5. The molecule has 2 aromatic rings. The Balaban J connectivity index is 1.30. The Labute approximate surface area is 161 Å². The van der Waals surface area contributed by atoms with E-state index in [2.05, 4.69) is 9.97 Å². The Morgan fingerprint density at radius 1 is 1.18 bits per heavy atom. The summed E-state index contributed by atoms with van der Waals surface area (Å²) in [5.41, 5.74) is 0.625. The van der Waals surface area contributed by atoms with Gasteiger partial charge in [-0.25, -0.2) is 14.2 Å². The number of carbonyl (C=O) groups is 2. The number of halogens is 1. The normalized spacial score (nSPS) is 19.4. The molecule has 9 heteroatoms. The third kappa shape index (κ3) is 3.88. The topological polar surface area (TPSA) is 78.9 Å². The molecular weight excluding hydrogens is 365 g/mol. The first-order valence-electron chi connectivity index (χ1n) is 9.12. The number of likely N-dealkylation sites (tertiary alicyclic amines) is 1. The number of carbonyl (C=O) groups excluding carboxylic acids is 2. The highest BCUT2D eigenvalue weighted by Crippen LogP contribution is 2.21. The number of benzene rings is 1. The molecule has 2 aliphatic rings. The van der Waals surface area contributed by atoms with Crippen LogP contribution in [0.25, 0.3) is 0 Å². The van der Waals surface area contributed by atoms with Crippen LogP contribution in [0, 0.1) is 5.82 Å². The van der Waals surface area contributed by atoms with Crippen LogP contribution in [0.15, 0.2) is 42.9 Å². The molecule has 146 valence electrons. The summed E-state index contributed by atoms with van der Waals surface area (Å²) in [5.74, 6) is -0.0271. The van der Waals surface area contributed by atoms with Crippen molar-refractivity contribution in [1.82, 2.24) is 19.8 Å². The summed E-state index contributed by atoms with van der Waals surface area (Å²) in [5, 5.41) is 0. The van der Waals surface area contributed by atoms with Gasteiger partial charge in [-0.05, 0) is 24.3 Å². The van der Waals surface area contributed by atoms with E-state index in [4.69, 9.17) is 4.74 Å².